The van der Waals surface area contributed by atoms with Gasteiger partial charge >= 0.3 is 0 Å². The SMILES string of the molecule is COCOC[C@H](C[C@H](CCCc1ccccc1)C(=O)NO)NC(=O)c1ccc(/C=C/c2ccc(Cl)cc2)cc1. The third-order valence-corrected chi connectivity index (χ3v) is 6.53. The summed E-state index contributed by atoms with van der Waals surface area (Å²) < 4.78 is 10.5. The number of carbonyl (C=O) groups excluding carboxylic acids is 2. The van der Waals surface area contributed by atoms with Crippen LogP contribution in [0.15, 0.2) is 78.9 Å². The van der Waals surface area contributed by atoms with Crippen LogP contribution in [0.5, 0.6) is 0 Å². The summed E-state index contributed by atoms with van der Waals surface area (Å²) in [6, 6.07) is 24.3. The molecule has 8 heteroatoms. The average Bonchev–Trinajstić information content (AvgIpc) is 2.96. The van der Waals surface area contributed by atoms with Crippen LogP contribution >= 0.6 is 11.6 Å². The lowest BCUT2D eigenvalue weighted by molar-refractivity contribution is -0.134. The lowest BCUT2D eigenvalue weighted by Crippen LogP contribution is -2.42. The van der Waals surface area contributed by atoms with E-state index in [1.54, 1.807) is 17.6 Å². The van der Waals surface area contributed by atoms with Gasteiger partial charge in [-0.2, -0.15) is 0 Å². The van der Waals surface area contributed by atoms with Crippen LogP contribution in [0.1, 0.15) is 46.3 Å². The van der Waals surface area contributed by atoms with Gasteiger partial charge in [0.1, 0.15) is 6.79 Å². The second kappa shape index (κ2) is 16.5. The van der Waals surface area contributed by atoms with Crippen molar-refractivity contribution in [2.24, 2.45) is 5.92 Å². The van der Waals surface area contributed by atoms with E-state index in [1.807, 2.05) is 78.9 Å². The summed E-state index contributed by atoms with van der Waals surface area (Å²) in [5.41, 5.74) is 5.41. The first-order valence-corrected chi connectivity index (χ1v) is 13.3. The standard InChI is InChI=1S/C31H35ClN2O5/c1-38-22-39-21-29(20-27(31(36)34-37)9-5-8-23-6-3-2-4-7-23)33-30(35)26-16-12-24(13-17-26)10-11-25-14-18-28(32)19-15-25/h2-4,6-7,10-19,27,29,37H,5,8-9,20-22H2,1H3,(H,33,35)(H,34,36)/b11-10+/t27-,29-/m0/s1. The van der Waals surface area contributed by atoms with Crippen molar-refractivity contribution in [1.29, 1.82) is 0 Å². The van der Waals surface area contributed by atoms with Crippen molar-refractivity contribution in [1.82, 2.24) is 10.8 Å². The fourth-order valence-corrected chi connectivity index (χ4v) is 4.34. The summed E-state index contributed by atoms with van der Waals surface area (Å²) in [5.74, 6) is -1.26. The summed E-state index contributed by atoms with van der Waals surface area (Å²) in [6.45, 7) is 0.223. The first-order valence-electron chi connectivity index (χ1n) is 12.9. The van der Waals surface area contributed by atoms with Gasteiger partial charge < -0.3 is 14.8 Å². The molecule has 0 spiro atoms. The van der Waals surface area contributed by atoms with Crippen molar-refractivity contribution in [2.45, 2.75) is 31.7 Å². The molecule has 0 saturated heterocycles. The Morgan fingerprint density at radius 3 is 2.21 bits per heavy atom. The Hall–Kier alpha value is -3.49. The van der Waals surface area contributed by atoms with Crippen LogP contribution in [0, 0.1) is 5.92 Å². The highest BCUT2D eigenvalue weighted by Crippen LogP contribution is 2.18. The van der Waals surface area contributed by atoms with Crippen LogP contribution in [-0.2, 0) is 20.7 Å². The maximum Gasteiger partial charge on any atom is 0.251 e. The van der Waals surface area contributed by atoms with Crippen molar-refractivity contribution >= 4 is 35.6 Å². The number of halogens is 1. The van der Waals surface area contributed by atoms with Crippen LogP contribution in [-0.4, -0.2) is 43.6 Å². The van der Waals surface area contributed by atoms with Crippen molar-refractivity contribution < 1.29 is 24.3 Å². The molecule has 0 heterocycles. The summed E-state index contributed by atoms with van der Waals surface area (Å²) in [6.07, 6.45) is 6.35. The third kappa shape index (κ3) is 10.7. The van der Waals surface area contributed by atoms with Crippen LogP contribution in [0.4, 0.5) is 0 Å². The number of benzene rings is 3. The van der Waals surface area contributed by atoms with Gasteiger partial charge in [0, 0.05) is 23.6 Å². The maximum absolute atomic E-state index is 13.1. The highest BCUT2D eigenvalue weighted by atomic mass is 35.5. The molecular formula is C31H35ClN2O5. The fourth-order valence-electron chi connectivity index (χ4n) is 4.21. The molecule has 0 saturated carbocycles. The molecule has 0 unspecified atom stereocenters. The highest BCUT2D eigenvalue weighted by Gasteiger charge is 2.24. The number of ether oxygens (including phenoxy) is 2. The Balaban J connectivity index is 1.62. The van der Waals surface area contributed by atoms with E-state index < -0.39 is 17.9 Å². The summed E-state index contributed by atoms with van der Waals surface area (Å²) in [4.78, 5) is 25.5. The van der Waals surface area contributed by atoms with Crippen molar-refractivity contribution in [3.8, 4) is 0 Å². The molecule has 0 bridgehead atoms. The lowest BCUT2D eigenvalue weighted by atomic mass is 9.92. The zero-order valence-electron chi connectivity index (χ0n) is 22.0. The molecule has 3 aromatic carbocycles. The van der Waals surface area contributed by atoms with Gasteiger partial charge in [-0.25, -0.2) is 5.48 Å². The number of aryl methyl sites for hydroxylation is 1. The fraction of sp³-hybridized carbons (Fsp3) is 0.290. The normalized spacial score (nSPS) is 12.7. The maximum atomic E-state index is 13.1. The Kier molecular flexibility index (Phi) is 12.7. The van der Waals surface area contributed by atoms with E-state index in [0.717, 1.165) is 24.0 Å². The van der Waals surface area contributed by atoms with E-state index in [2.05, 4.69) is 5.32 Å². The van der Waals surface area contributed by atoms with Crippen LogP contribution in [0.2, 0.25) is 5.02 Å². The smallest absolute Gasteiger partial charge is 0.251 e. The molecule has 2 atom stereocenters. The number of hydrogen-bond donors (Lipinski definition) is 3. The van der Waals surface area contributed by atoms with Gasteiger partial charge in [-0.1, -0.05) is 78.4 Å². The predicted molar refractivity (Wildman–Crippen MR) is 153 cm³/mol. The van der Waals surface area contributed by atoms with Crippen molar-refractivity contribution in [3.05, 3.63) is 106 Å². The third-order valence-electron chi connectivity index (χ3n) is 6.28. The van der Waals surface area contributed by atoms with Gasteiger partial charge in [0.15, 0.2) is 0 Å². The van der Waals surface area contributed by atoms with Crippen molar-refractivity contribution in [3.63, 3.8) is 0 Å². The van der Waals surface area contributed by atoms with E-state index in [9.17, 15) is 14.8 Å². The number of hydrogen-bond acceptors (Lipinski definition) is 5. The lowest BCUT2D eigenvalue weighted by Gasteiger charge is -2.23. The van der Waals surface area contributed by atoms with Gasteiger partial charge in [-0.15, -0.1) is 0 Å². The van der Waals surface area contributed by atoms with Gasteiger partial charge in [0.2, 0.25) is 5.91 Å². The Labute approximate surface area is 234 Å². The molecule has 0 aliphatic heterocycles. The van der Waals surface area contributed by atoms with Gasteiger partial charge in [0.25, 0.3) is 5.91 Å². The van der Waals surface area contributed by atoms with Gasteiger partial charge in [0.05, 0.1) is 12.6 Å². The Morgan fingerprint density at radius 2 is 1.59 bits per heavy atom. The number of nitrogens with one attached hydrogen (secondary N) is 2. The molecule has 206 valence electrons. The minimum atomic E-state index is -0.504. The van der Waals surface area contributed by atoms with E-state index >= 15 is 0 Å². The molecule has 3 N–H and O–H groups in total. The molecule has 0 aliphatic carbocycles. The number of methoxy groups -OCH3 is 1. The minimum Gasteiger partial charge on any atom is -0.359 e. The molecule has 2 amide bonds. The second-order valence-electron chi connectivity index (χ2n) is 9.24. The zero-order chi connectivity index (χ0) is 27.9. The van der Waals surface area contributed by atoms with Crippen LogP contribution in [0.3, 0.4) is 0 Å². The molecule has 3 aromatic rings. The van der Waals surface area contributed by atoms with E-state index in [0.29, 0.717) is 23.4 Å². The molecule has 7 nitrogen and oxygen atoms in total. The monoisotopic (exact) mass is 550 g/mol. The highest BCUT2D eigenvalue weighted by molar-refractivity contribution is 6.30. The first-order chi connectivity index (χ1) is 19.0. The molecule has 39 heavy (non-hydrogen) atoms. The van der Waals surface area contributed by atoms with E-state index in [1.165, 1.54) is 12.7 Å². The average molecular weight is 551 g/mol. The van der Waals surface area contributed by atoms with Crippen LogP contribution < -0.4 is 10.8 Å². The number of hydroxylamine groups is 1. The Bertz CT molecular complexity index is 1180. The summed E-state index contributed by atoms with van der Waals surface area (Å²) in [7, 11) is 1.52. The van der Waals surface area contributed by atoms with Gasteiger partial charge in [-0.05, 0) is 66.6 Å². The first kappa shape index (κ1) is 30.1. The molecule has 3 rings (SSSR count). The van der Waals surface area contributed by atoms with Crippen LogP contribution in [0.25, 0.3) is 12.2 Å². The van der Waals surface area contributed by atoms with E-state index in [4.69, 9.17) is 21.1 Å². The second-order valence-corrected chi connectivity index (χ2v) is 9.68. The number of amides is 2. The summed E-state index contributed by atoms with van der Waals surface area (Å²) >= 11 is 5.94. The Morgan fingerprint density at radius 1 is 0.949 bits per heavy atom. The topological polar surface area (TPSA) is 96.9 Å². The van der Waals surface area contributed by atoms with Gasteiger partial charge in [-0.3, -0.25) is 14.8 Å². The number of carbonyl (C=O) groups is 2. The number of rotatable bonds is 15. The van der Waals surface area contributed by atoms with E-state index in [-0.39, 0.29) is 19.3 Å². The molecule has 0 fully saturated rings. The largest absolute Gasteiger partial charge is 0.359 e. The molecule has 0 radical (unpaired) electrons. The van der Waals surface area contributed by atoms with Crippen molar-refractivity contribution in [2.75, 3.05) is 20.5 Å². The molecular weight excluding hydrogens is 516 g/mol. The predicted octanol–water partition coefficient (Wildman–Crippen LogP) is 5.76. The molecule has 0 aromatic heterocycles. The zero-order valence-corrected chi connectivity index (χ0v) is 22.8. The summed E-state index contributed by atoms with van der Waals surface area (Å²) in [5, 5.41) is 13.0. The molecule has 0 aliphatic rings. The quantitative estimate of drug-likeness (QED) is 0.0734. The minimum absolute atomic E-state index is 0.0614.